The summed E-state index contributed by atoms with van der Waals surface area (Å²) in [6.45, 7) is 1.95. The summed E-state index contributed by atoms with van der Waals surface area (Å²) in [7, 11) is 0. The first kappa shape index (κ1) is 9.64. The highest BCUT2D eigenvalue weighted by Crippen LogP contribution is 2.15. The van der Waals surface area contributed by atoms with Gasteiger partial charge in [0, 0.05) is 6.20 Å². The minimum absolute atomic E-state index is 0.0169. The summed E-state index contributed by atoms with van der Waals surface area (Å²) >= 11 is 0. The Kier molecular flexibility index (Phi) is 2.62. The van der Waals surface area contributed by atoms with Gasteiger partial charge in [-0.15, -0.1) is 0 Å². The van der Waals surface area contributed by atoms with E-state index in [-0.39, 0.29) is 11.9 Å². The molecule has 2 aromatic heterocycles. The molecule has 0 fully saturated rings. The highest BCUT2D eigenvalue weighted by Gasteiger charge is 2.06. The lowest BCUT2D eigenvalue weighted by molar-refractivity contribution is 0.617. The largest absolute Gasteiger partial charge is 0.374 e. The molecule has 2 rings (SSSR count). The number of hydrogen-bond acceptors (Lipinski definition) is 3. The van der Waals surface area contributed by atoms with Crippen LogP contribution in [0.3, 0.4) is 0 Å². The number of anilines is 1. The van der Waals surface area contributed by atoms with Crippen LogP contribution in [0.5, 0.6) is 0 Å². The molecule has 1 atom stereocenters. The van der Waals surface area contributed by atoms with Crippen LogP contribution < -0.4 is 5.32 Å². The second kappa shape index (κ2) is 4.08. The number of H-pyrrole nitrogens is 1. The number of aromatic amines is 1. The molecule has 1 unspecified atom stereocenters. The quantitative estimate of drug-likeness (QED) is 0.808. The third kappa shape index (κ3) is 2.31. The lowest BCUT2D eigenvalue weighted by Gasteiger charge is -2.12. The van der Waals surface area contributed by atoms with Crippen molar-refractivity contribution in [2.24, 2.45) is 0 Å². The minimum atomic E-state index is -0.325. The maximum atomic E-state index is 12.6. The topological polar surface area (TPSA) is 53.6 Å². The van der Waals surface area contributed by atoms with Crippen LogP contribution in [0.15, 0.2) is 30.7 Å². The zero-order valence-corrected chi connectivity index (χ0v) is 8.24. The van der Waals surface area contributed by atoms with Gasteiger partial charge in [0.1, 0.15) is 5.82 Å². The van der Waals surface area contributed by atoms with Crippen LogP contribution in [0.25, 0.3) is 0 Å². The van der Waals surface area contributed by atoms with E-state index in [1.54, 1.807) is 18.5 Å². The Bertz CT molecular complexity index is 409. The van der Waals surface area contributed by atoms with Gasteiger partial charge in [0.25, 0.3) is 0 Å². The first-order valence-corrected chi connectivity index (χ1v) is 4.62. The standard InChI is InChI=1S/C10H11FN4/c1-7(15-9-5-13-14-6-9)10-3-2-8(11)4-12-10/h2-7,15H,1H3,(H,13,14). The minimum Gasteiger partial charge on any atom is -0.374 e. The SMILES string of the molecule is CC(Nc1cn[nH]c1)c1ccc(F)cn1. The van der Waals surface area contributed by atoms with E-state index in [2.05, 4.69) is 20.5 Å². The van der Waals surface area contributed by atoms with Gasteiger partial charge in [-0.25, -0.2) is 4.39 Å². The number of nitrogens with zero attached hydrogens (tertiary/aromatic N) is 2. The molecule has 0 aliphatic carbocycles. The first-order valence-electron chi connectivity index (χ1n) is 4.62. The number of hydrogen-bond donors (Lipinski definition) is 2. The summed E-state index contributed by atoms with van der Waals surface area (Å²) in [6, 6.07) is 3.08. The van der Waals surface area contributed by atoms with Crippen LogP contribution in [-0.2, 0) is 0 Å². The molecule has 0 aromatic carbocycles. The number of rotatable bonds is 3. The van der Waals surface area contributed by atoms with Gasteiger partial charge in [-0.1, -0.05) is 0 Å². The van der Waals surface area contributed by atoms with Gasteiger partial charge in [-0.05, 0) is 19.1 Å². The van der Waals surface area contributed by atoms with Gasteiger partial charge in [0.2, 0.25) is 0 Å². The summed E-state index contributed by atoms with van der Waals surface area (Å²) in [6.07, 6.45) is 4.64. The maximum absolute atomic E-state index is 12.6. The summed E-state index contributed by atoms with van der Waals surface area (Å²) in [4.78, 5) is 3.99. The van der Waals surface area contributed by atoms with E-state index >= 15 is 0 Å². The highest BCUT2D eigenvalue weighted by molar-refractivity contribution is 5.39. The van der Waals surface area contributed by atoms with Crippen molar-refractivity contribution in [3.05, 3.63) is 42.2 Å². The van der Waals surface area contributed by atoms with E-state index in [0.29, 0.717) is 0 Å². The molecule has 78 valence electrons. The maximum Gasteiger partial charge on any atom is 0.141 e. The van der Waals surface area contributed by atoms with Gasteiger partial charge < -0.3 is 5.32 Å². The molecule has 0 radical (unpaired) electrons. The second-order valence-corrected chi connectivity index (χ2v) is 3.25. The molecule has 0 amide bonds. The summed E-state index contributed by atoms with van der Waals surface area (Å²) < 4.78 is 12.6. The summed E-state index contributed by atoms with van der Waals surface area (Å²) in [5.41, 5.74) is 1.67. The smallest absolute Gasteiger partial charge is 0.141 e. The molecular weight excluding hydrogens is 195 g/mol. The van der Waals surface area contributed by atoms with Crippen molar-refractivity contribution < 1.29 is 4.39 Å². The van der Waals surface area contributed by atoms with Crippen LogP contribution in [0.1, 0.15) is 18.7 Å². The van der Waals surface area contributed by atoms with E-state index in [9.17, 15) is 4.39 Å². The molecule has 0 saturated carbocycles. The Morgan fingerprint density at radius 3 is 2.87 bits per heavy atom. The van der Waals surface area contributed by atoms with Crippen LogP contribution >= 0.6 is 0 Å². The van der Waals surface area contributed by atoms with Gasteiger partial charge in [-0.2, -0.15) is 5.10 Å². The van der Waals surface area contributed by atoms with E-state index < -0.39 is 0 Å². The van der Waals surface area contributed by atoms with Crippen molar-refractivity contribution in [2.45, 2.75) is 13.0 Å². The van der Waals surface area contributed by atoms with Gasteiger partial charge in [-0.3, -0.25) is 10.1 Å². The van der Waals surface area contributed by atoms with Gasteiger partial charge in [0.15, 0.2) is 0 Å². The summed E-state index contributed by atoms with van der Waals surface area (Å²) in [5.74, 6) is -0.325. The van der Waals surface area contributed by atoms with E-state index in [0.717, 1.165) is 11.4 Å². The number of pyridine rings is 1. The fraction of sp³-hybridized carbons (Fsp3) is 0.200. The lowest BCUT2D eigenvalue weighted by atomic mass is 10.2. The molecule has 0 bridgehead atoms. The average molecular weight is 206 g/mol. The van der Waals surface area contributed by atoms with Crippen molar-refractivity contribution in [1.29, 1.82) is 0 Å². The van der Waals surface area contributed by atoms with E-state index in [1.807, 2.05) is 6.92 Å². The Hall–Kier alpha value is -1.91. The molecule has 2 aromatic rings. The van der Waals surface area contributed by atoms with Crippen LogP contribution in [0.4, 0.5) is 10.1 Å². The van der Waals surface area contributed by atoms with Crippen LogP contribution in [0.2, 0.25) is 0 Å². The predicted molar refractivity (Wildman–Crippen MR) is 54.8 cm³/mol. The Morgan fingerprint density at radius 2 is 2.27 bits per heavy atom. The van der Waals surface area contributed by atoms with Crippen LogP contribution in [0, 0.1) is 5.82 Å². The number of nitrogens with one attached hydrogen (secondary N) is 2. The second-order valence-electron chi connectivity index (χ2n) is 3.25. The fourth-order valence-corrected chi connectivity index (χ4v) is 1.30. The average Bonchev–Trinajstić information content (AvgIpc) is 2.71. The molecule has 4 nitrogen and oxygen atoms in total. The molecule has 0 saturated heterocycles. The molecule has 15 heavy (non-hydrogen) atoms. The van der Waals surface area contributed by atoms with Crippen molar-refractivity contribution in [1.82, 2.24) is 15.2 Å². The van der Waals surface area contributed by atoms with Crippen LogP contribution in [-0.4, -0.2) is 15.2 Å². The Labute approximate surface area is 86.6 Å². The molecular formula is C10H11FN4. The van der Waals surface area contributed by atoms with Crippen molar-refractivity contribution >= 4 is 5.69 Å². The van der Waals surface area contributed by atoms with Crippen molar-refractivity contribution in [3.63, 3.8) is 0 Å². The third-order valence-corrected chi connectivity index (χ3v) is 2.08. The normalized spacial score (nSPS) is 12.4. The highest BCUT2D eigenvalue weighted by atomic mass is 19.1. The van der Waals surface area contributed by atoms with E-state index in [1.165, 1.54) is 12.3 Å². The van der Waals surface area contributed by atoms with Crippen molar-refractivity contribution in [2.75, 3.05) is 5.32 Å². The van der Waals surface area contributed by atoms with Crippen molar-refractivity contribution in [3.8, 4) is 0 Å². The third-order valence-electron chi connectivity index (χ3n) is 2.08. The molecule has 0 aliphatic rings. The Balaban J connectivity index is 2.08. The molecule has 2 heterocycles. The zero-order valence-electron chi connectivity index (χ0n) is 8.24. The molecule has 0 aliphatic heterocycles. The fourth-order valence-electron chi connectivity index (χ4n) is 1.30. The van der Waals surface area contributed by atoms with Gasteiger partial charge >= 0.3 is 0 Å². The van der Waals surface area contributed by atoms with E-state index in [4.69, 9.17) is 0 Å². The molecule has 2 N–H and O–H groups in total. The monoisotopic (exact) mass is 206 g/mol. The number of halogens is 1. The van der Waals surface area contributed by atoms with Gasteiger partial charge in [0.05, 0.1) is 29.8 Å². The zero-order chi connectivity index (χ0) is 10.7. The lowest BCUT2D eigenvalue weighted by Crippen LogP contribution is -2.07. The summed E-state index contributed by atoms with van der Waals surface area (Å²) in [5, 5.41) is 9.70. The Morgan fingerprint density at radius 1 is 1.40 bits per heavy atom. The molecule has 5 heteroatoms. The molecule has 0 spiro atoms. The number of aromatic nitrogens is 3. The first-order chi connectivity index (χ1) is 7.25. The predicted octanol–water partition coefficient (Wildman–Crippen LogP) is 2.12.